The molecule has 1 N–H and O–H groups in total. The molecular formula is C14H19N5OS. The molecule has 0 bridgehead atoms. The Kier molecular flexibility index (Phi) is 4.42. The standard InChI is InChI=1S/C14H19N5OS/c1-11(10-18-6-8-20-9-7-18)19-13(16-17-14(19)21)12-2-4-15-5-3-12/h2-5,11H,6-10H2,1H3,(H,17,21). The number of aromatic amines is 1. The van der Waals surface area contributed by atoms with Gasteiger partial charge in [-0.25, -0.2) is 0 Å². The average molecular weight is 305 g/mol. The highest BCUT2D eigenvalue weighted by molar-refractivity contribution is 7.71. The summed E-state index contributed by atoms with van der Waals surface area (Å²) in [7, 11) is 0. The normalized spacial score (nSPS) is 17.8. The molecular weight excluding hydrogens is 286 g/mol. The van der Waals surface area contributed by atoms with Crippen LogP contribution in [-0.4, -0.2) is 57.5 Å². The minimum atomic E-state index is 0.248. The van der Waals surface area contributed by atoms with Gasteiger partial charge in [0.2, 0.25) is 0 Å². The van der Waals surface area contributed by atoms with Crippen molar-refractivity contribution in [2.24, 2.45) is 0 Å². The molecule has 0 radical (unpaired) electrons. The number of pyridine rings is 1. The fourth-order valence-electron chi connectivity index (χ4n) is 2.66. The van der Waals surface area contributed by atoms with E-state index in [1.54, 1.807) is 12.4 Å². The molecule has 7 heteroatoms. The number of H-pyrrole nitrogens is 1. The van der Waals surface area contributed by atoms with E-state index in [9.17, 15) is 0 Å². The molecule has 3 rings (SSSR count). The number of rotatable bonds is 4. The number of aromatic nitrogens is 4. The summed E-state index contributed by atoms with van der Waals surface area (Å²) in [5.41, 5.74) is 1.02. The molecule has 0 spiro atoms. The van der Waals surface area contributed by atoms with E-state index >= 15 is 0 Å². The molecule has 2 aromatic rings. The van der Waals surface area contributed by atoms with Crippen LogP contribution in [0, 0.1) is 4.77 Å². The second-order valence-electron chi connectivity index (χ2n) is 5.22. The van der Waals surface area contributed by atoms with Crippen molar-refractivity contribution in [1.29, 1.82) is 0 Å². The third-order valence-electron chi connectivity index (χ3n) is 3.71. The van der Waals surface area contributed by atoms with Crippen LogP contribution < -0.4 is 0 Å². The van der Waals surface area contributed by atoms with Gasteiger partial charge in [0, 0.05) is 43.6 Å². The Labute approximate surface area is 128 Å². The maximum absolute atomic E-state index is 5.40. The van der Waals surface area contributed by atoms with Crippen molar-refractivity contribution in [1.82, 2.24) is 24.6 Å². The number of nitrogens with zero attached hydrogens (tertiary/aromatic N) is 4. The fourth-order valence-corrected chi connectivity index (χ4v) is 2.97. The number of ether oxygens (including phenoxy) is 1. The van der Waals surface area contributed by atoms with Crippen LogP contribution in [0.3, 0.4) is 0 Å². The summed E-state index contributed by atoms with van der Waals surface area (Å²) in [4.78, 5) is 6.45. The first-order chi connectivity index (χ1) is 10.3. The van der Waals surface area contributed by atoms with Crippen molar-refractivity contribution in [2.45, 2.75) is 13.0 Å². The number of nitrogens with one attached hydrogen (secondary N) is 1. The van der Waals surface area contributed by atoms with Gasteiger partial charge >= 0.3 is 0 Å². The summed E-state index contributed by atoms with van der Waals surface area (Å²) in [5.74, 6) is 0.864. The van der Waals surface area contributed by atoms with E-state index in [0.717, 1.165) is 44.2 Å². The van der Waals surface area contributed by atoms with E-state index in [4.69, 9.17) is 17.0 Å². The first-order valence-corrected chi connectivity index (χ1v) is 7.54. The predicted octanol–water partition coefficient (Wildman–Crippen LogP) is 1.90. The minimum absolute atomic E-state index is 0.248. The van der Waals surface area contributed by atoms with Crippen molar-refractivity contribution in [2.75, 3.05) is 32.8 Å². The van der Waals surface area contributed by atoms with Crippen LogP contribution in [0.25, 0.3) is 11.4 Å². The molecule has 1 aliphatic rings. The summed E-state index contributed by atoms with van der Waals surface area (Å²) >= 11 is 5.40. The van der Waals surface area contributed by atoms with Gasteiger partial charge in [-0.15, -0.1) is 0 Å². The van der Waals surface area contributed by atoms with Crippen molar-refractivity contribution < 1.29 is 4.74 Å². The average Bonchev–Trinajstić information content (AvgIpc) is 2.91. The van der Waals surface area contributed by atoms with Crippen LogP contribution in [0.1, 0.15) is 13.0 Å². The van der Waals surface area contributed by atoms with E-state index in [1.807, 2.05) is 12.1 Å². The van der Waals surface area contributed by atoms with Crippen molar-refractivity contribution in [3.8, 4) is 11.4 Å². The van der Waals surface area contributed by atoms with Crippen LogP contribution in [0.15, 0.2) is 24.5 Å². The molecule has 1 atom stereocenters. The third-order valence-corrected chi connectivity index (χ3v) is 4.00. The molecule has 0 amide bonds. The van der Waals surface area contributed by atoms with Crippen LogP contribution in [0.2, 0.25) is 0 Å². The maximum Gasteiger partial charge on any atom is 0.195 e. The van der Waals surface area contributed by atoms with Gasteiger partial charge in [-0.05, 0) is 31.3 Å². The number of hydrogen-bond acceptors (Lipinski definition) is 5. The molecule has 0 saturated carbocycles. The van der Waals surface area contributed by atoms with Crippen LogP contribution in [0.5, 0.6) is 0 Å². The summed E-state index contributed by atoms with van der Waals surface area (Å²) < 4.78 is 8.13. The largest absolute Gasteiger partial charge is 0.379 e. The molecule has 1 fully saturated rings. The molecule has 21 heavy (non-hydrogen) atoms. The molecule has 6 nitrogen and oxygen atoms in total. The van der Waals surface area contributed by atoms with Gasteiger partial charge in [-0.1, -0.05) is 0 Å². The molecule has 3 heterocycles. The molecule has 2 aromatic heterocycles. The van der Waals surface area contributed by atoms with Gasteiger partial charge < -0.3 is 4.74 Å². The summed E-state index contributed by atoms with van der Waals surface area (Å²) in [6.45, 7) is 6.67. The second kappa shape index (κ2) is 6.46. The fraction of sp³-hybridized carbons (Fsp3) is 0.500. The van der Waals surface area contributed by atoms with Gasteiger partial charge in [0.05, 0.1) is 13.2 Å². The van der Waals surface area contributed by atoms with Gasteiger partial charge in [-0.2, -0.15) is 5.10 Å². The Hall–Kier alpha value is -1.57. The second-order valence-corrected chi connectivity index (χ2v) is 5.61. The Morgan fingerprint density at radius 3 is 2.76 bits per heavy atom. The van der Waals surface area contributed by atoms with Gasteiger partial charge in [0.15, 0.2) is 10.6 Å². The van der Waals surface area contributed by atoms with Crippen LogP contribution >= 0.6 is 12.2 Å². The topological polar surface area (TPSA) is 59.0 Å². The lowest BCUT2D eigenvalue weighted by Gasteiger charge is -2.29. The highest BCUT2D eigenvalue weighted by Gasteiger charge is 2.18. The smallest absolute Gasteiger partial charge is 0.195 e. The Balaban J connectivity index is 1.84. The molecule has 0 aliphatic carbocycles. The highest BCUT2D eigenvalue weighted by atomic mass is 32.1. The summed E-state index contributed by atoms with van der Waals surface area (Å²) in [6.07, 6.45) is 3.54. The van der Waals surface area contributed by atoms with Crippen molar-refractivity contribution in [3.05, 3.63) is 29.3 Å². The summed E-state index contributed by atoms with van der Waals surface area (Å²) in [6, 6.07) is 4.14. The van der Waals surface area contributed by atoms with E-state index < -0.39 is 0 Å². The molecule has 1 aliphatic heterocycles. The molecule has 1 unspecified atom stereocenters. The lowest BCUT2D eigenvalue weighted by molar-refractivity contribution is 0.0325. The zero-order valence-corrected chi connectivity index (χ0v) is 12.8. The van der Waals surface area contributed by atoms with Crippen molar-refractivity contribution in [3.63, 3.8) is 0 Å². The van der Waals surface area contributed by atoms with Gasteiger partial charge in [0.1, 0.15) is 0 Å². The van der Waals surface area contributed by atoms with Crippen LogP contribution in [-0.2, 0) is 4.74 Å². The zero-order valence-electron chi connectivity index (χ0n) is 12.0. The Morgan fingerprint density at radius 1 is 1.33 bits per heavy atom. The number of hydrogen-bond donors (Lipinski definition) is 1. The quantitative estimate of drug-likeness (QED) is 0.874. The molecule has 112 valence electrons. The monoisotopic (exact) mass is 305 g/mol. The van der Waals surface area contributed by atoms with Crippen molar-refractivity contribution >= 4 is 12.2 Å². The van der Waals surface area contributed by atoms with Crippen LogP contribution in [0.4, 0.5) is 0 Å². The first-order valence-electron chi connectivity index (χ1n) is 7.13. The van der Waals surface area contributed by atoms with E-state index in [1.165, 1.54) is 0 Å². The van der Waals surface area contributed by atoms with Gasteiger partial charge in [-0.3, -0.25) is 19.5 Å². The highest BCUT2D eigenvalue weighted by Crippen LogP contribution is 2.21. The lowest BCUT2D eigenvalue weighted by Crippen LogP contribution is -2.39. The predicted molar refractivity (Wildman–Crippen MR) is 82.6 cm³/mol. The zero-order chi connectivity index (χ0) is 14.7. The minimum Gasteiger partial charge on any atom is -0.379 e. The third kappa shape index (κ3) is 3.20. The Morgan fingerprint density at radius 2 is 2.05 bits per heavy atom. The maximum atomic E-state index is 5.40. The first kappa shape index (κ1) is 14.4. The molecule has 0 aromatic carbocycles. The van der Waals surface area contributed by atoms with Gasteiger partial charge in [0.25, 0.3) is 0 Å². The Bertz CT molecular complexity index is 632. The lowest BCUT2D eigenvalue weighted by atomic mass is 10.2. The van der Waals surface area contributed by atoms with E-state index in [-0.39, 0.29) is 6.04 Å². The number of morpholine rings is 1. The van der Waals surface area contributed by atoms with E-state index in [2.05, 4.69) is 31.6 Å². The SMILES string of the molecule is CC(CN1CCOCC1)n1c(-c2ccncc2)n[nH]c1=S. The summed E-state index contributed by atoms with van der Waals surface area (Å²) in [5, 5.41) is 7.28. The molecule has 1 saturated heterocycles. The van der Waals surface area contributed by atoms with E-state index in [0.29, 0.717) is 4.77 Å².